The minimum Gasteiger partial charge on any atom is -0.438 e. The highest BCUT2D eigenvalue weighted by Crippen LogP contribution is 2.31. The number of ether oxygens (including phenoxy) is 1. The molecule has 0 fully saturated rings. The summed E-state index contributed by atoms with van der Waals surface area (Å²) in [5.41, 5.74) is 1.82. The number of nitrogens with zero attached hydrogens (tertiary/aromatic N) is 4. The second-order valence-corrected chi connectivity index (χ2v) is 8.24. The Morgan fingerprint density at radius 2 is 1.90 bits per heavy atom. The van der Waals surface area contributed by atoms with Crippen molar-refractivity contribution in [1.82, 2.24) is 20.0 Å². The molecular formula is C19H13Cl2N5O2S. The molecule has 10 heteroatoms. The normalized spacial score (nSPS) is 10.7. The fourth-order valence-corrected chi connectivity index (χ4v) is 3.91. The van der Waals surface area contributed by atoms with Crippen molar-refractivity contribution in [3.05, 3.63) is 74.7 Å². The summed E-state index contributed by atoms with van der Waals surface area (Å²) in [5.74, 6) is 1.16. The lowest BCUT2D eigenvalue weighted by atomic mass is 10.2. The summed E-state index contributed by atoms with van der Waals surface area (Å²) in [4.78, 5) is 12.3. The summed E-state index contributed by atoms with van der Waals surface area (Å²) in [5, 5.41) is 15.2. The third kappa shape index (κ3) is 4.56. The summed E-state index contributed by atoms with van der Waals surface area (Å²) < 4.78 is 8.13. The Labute approximate surface area is 179 Å². The van der Waals surface area contributed by atoms with Crippen LogP contribution in [0.25, 0.3) is 5.82 Å². The van der Waals surface area contributed by atoms with Gasteiger partial charge >= 0.3 is 0 Å². The predicted molar refractivity (Wildman–Crippen MR) is 113 cm³/mol. The molecule has 0 aliphatic carbocycles. The van der Waals surface area contributed by atoms with Crippen molar-refractivity contribution in [2.24, 2.45) is 0 Å². The van der Waals surface area contributed by atoms with Crippen LogP contribution in [0, 0.1) is 6.92 Å². The fourth-order valence-electron chi connectivity index (χ4n) is 2.45. The molecule has 0 bridgehead atoms. The largest absolute Gasteiger partial charge is 0.438 e. The van der Waals surface area contributed by atoms with E-state index >= 15 is 0 Å². The summed E-state index contributed by atoms with van der Waals surface area (Å²) in [6.07, 6.45) is 1.81. The van der Waals surface area contributed by atoms with E-state index in [1.165, 1.54) is 6.07 Å². The van der Waals surface area contributed by atoms with E-state index in [4.69, 9.17) is 27.9 Å². The Morgan fingerprint density at radius 1 is 1.10 bits per heavy atom. The molecule has 0 atom stereocenters. The number of amides is 1. The van der Waals surface area contributed by atoms with Crippen molar-refractivity contribution in [2.75, 3.05) is 5.32 Å². The topological polar surface area (TPSA) is 81.9 Å². The predicted octanol–water partition coefficient (Wildman–Crippen LogP) is 5.38. The number of hydrogen-bond donors (Lipinski definition) is 1. The quantitative estimate of drug-likeness (QED) is 0.445. The van der Waals surface area contributed by atoms with Crippen LogP contribution in [-0.4, -0.2) is 25.9 Å². The average Bonchev–Trinajstić information content (AvgIpc) is 3.29. The van der Waals surface area contributed by atoms with Crippen LogP contribution in [-0.2, 0) is 0 Å². The standard InChI is InChI=1S/C19H13Cl2N5O2S/c1-11-8-9-26(25-11)16-6-7-17(24-23-16)28-13-4-2-12(3-5-13)22-19(27)14-10-15(20)29-18(14)21/h2-10H,1H3,(H,22,27). The number of nitrogens with one attached hydrogen (secondary N) is 1. The molecule has 4 aromatic rings. The van der Waals surface area contributed by atoms with Gasteiger partial charge in [-0.2, -0.15) is 5.10 Å². The van der Waals surface area contributed by atoms with Crippen LogP contribution in [0.3, 0.4) is 0 Å². The second-order valence-electron chi connectivity index (χ2n) is 5.95. The highest BCUT2D eigenvalue weighted by molar-refractivity contribution is 7.20. The SMILES string of the molecule is Cc1ccn(-c2ccc(Oc3ccc(NC(=O)c4cc(Cl)sc4Cl)cc3)nn2)n1. The van der Waals surface area contributed by atoms with E-state index in [0.717, 1.165) is 17.0 Å². The van der Waals surface area contributed by atoms with Crippen LogP contribution in [0.15, 0.2) is 54.7 Å². The van der Waals surface area contributed by atoms with Crippen molar-refractivity contribution in [3.63, 3.8) is 0 Å². The molecule has 3 aromatic heterocycles. The molecule has 0 aliphatic rings. The van der Waals surface area contributed by atoms with Gasteiger partial charge in [-0.25, -0.2) is 4.68 Å². The Bertz CT molecular complexity index is 1160. The zero-order chi connectivity index (χ0) is 20.4. The third-order valence-electron chi connectivity index (χ3n) is 3.82. The maximum atomic E-state index is 12.3. The maximum absolute atomic E-state index is 12.3. The van der Waals surface area contributed by atoms with Gasteiger partial charge in [0, 0.05) is 18.0 Å². The molecule has 3 heterocycles. The molecule has 0 spiro atoms. The maximum Gasteiger partial charge on any atom is 0.258 e. The van der Waals surface area contributed by atoms with Crippen LogP contribution < -0.4 is 10.1 Å². The molecular weight excluding hydrogens is 433 g/mol. The lowest BCUT2D eigenvalue weighted by molar-refractivity contribution is 0.102. The molecule has 1 amide bonds. The smallest absolute Gasteiger partial charge is 0.258 e. The average molecular weight is 446 g/mol. The highest BCUT2D eigenvalue weighted by atomic mass is 35.5. The van der Waals surface area contributed by atoms with Gasteiger partial charge in [0.1, 0.15) is 10.1 Å². The van der Waals surface area contributed by atoms with Gasteiger partial charge in [-0.1, -0.05) is 23.2 Å². The molecule has 7 nitrogen and oxygen atoms in total. The van der Waals surface area contributed by atoms with Crippen molar-refractivity contribution < 1.29 is 9.53 Å². The van der Waals surface area contributed by atoms with E-state index in [2.05, 4.69) is 20.6 Å². The van der Waals surface area contributed by atoms with Crippen LogP contribution in [0.4, 0.5) is 5.69 Å². The monoisotopic (exact) mass is 445 g/mol. The molecule has 1 aromatic carbocycles. The highest BCUT2D eigenvalue weighted by Gasteiger charge is 2.14. The summed E-state index contributed by atoms with van der Waals surface area (Å²) >= 11 is 13.0. The lowest BCUT2D eigenvalue weighted by Gasteiger charge is -2.07. The number of rotatable bonds is 5. The van der Waals surface area contributed by atoms with Gasteiger partial charge in [0.2, 0.25) is 5.88 Å². The number of aryl methyl sites for hydroxylation is 1. The van der Waals surface area contributed by atoms with E-state index in [9.17, 15) is 4.79 Å². The summed E-state index contributed by atoms with van der Waals surface area (Å²) in [6, 6.07) is 13.7. The zero-order valence-electron chi connectivity index (χ0n) is 15.0. The molecule has 4 rings (SSSR count). The van der Waals surface area contributed by atoms with E-state index in [1.54, 1.807) is 41.1 Å². The van der Waals surface area contributed by atoms with Gasteiger partial charge in [-0.05, 0) is 49.4 Å². The first-order valence-corrected chi connectivity index (χ1v) is 9.96. The molecule has 0 saturated carbocycles. The van der Waals surface area contributed by atoms with E-state index in [1.807, 2.05) is 19.2 Å². The second kappa shape index (κ2) is 8.20. The summed E-state index contributed by atoms with van der Waals surface area (Å²) in [7, 11) is 0. The van der Waals surface area contributed by atoms with Crippen molar-refractivity contribution in [2.45, 2.75) is 6.92 Å². The van der Waals surface area contributed by atoms with Crippen molar-refractivity contribution >= 4 is 46.1 Å². The number of hydrogen-bond acceptors (Lipinski definition) is 6. The molecule has 0 aliphatic heterocycles. The first kappa shape index (κ1) is 19.4. The Morgan fingerprint density at radius 3 is 2.48 bits per heavy atom. The first-order valence-electron chi connectivity index (χ1n) is 8.38. The molecule has 0 saturated heterocycles. The minimum absolute atomic E-state index is 0.331. The first-order chi connectivity index (χ1) is 14.0. The fraction of sp³-hybridized carbons (Fsp3) is 0.0526. The number of aromatic nitrogens is 4. The summed E-state index contributed by atoms with van der Waals surface area (Å²) in [6.45, 7) is 1.90. The number of benzene rings is 1. The van der Waals surface area contributed by atoms with Gasteiger partial charge in [0.25, 0.3) is 5.91 Å². The number of halogens is 2. The van der Waals surface area contributed by atoms with Crippen molar-refractivity contribution in [3.8, 4) is 17.4 Å². The minimum atomic E-state index is -0.331. The van der Waals surface area contributed by atoms with Crippen LogP contribution >= 0.6 is 34.5 Å². The molecule has 0 radical (unpaired) electrons. The van der Waals surface area contributed by atoms with Gasteiger partial charge in [-0.3, -0.25) is 4.79 Å². The van der Waals surface area contributed by atoms with Crippen LogP contribution in [0.2, 0.25) is 8.67 Å². The van der Waals surface area contributed by atoms with Gasteiger partial charge in [0.15, 0.2) is 5.82 Å². The van der Waals surface area contributed by atoms with Gasteiger partial charge in [0.05, 0.1) is 15.6 Å². The van der Waals surface area contributed by atoms with Crippen LogP contribution in [0.5, 0.6) is 11.6 Å². The third-order valence-corrected chi connectivity index (χ3v) is 5.31. The van der Waals surface area contributed by atoms with Gasteiger partial charge in [-0.15, -0.1) is 21.5 Å². The zero-order valence-corrected chi connectivity index (χ0v) is 17.3. The Hall–Kier alpha value is -2.94. The van der Waals surface area contributed by atoms with E-state index < -0.39 is 0 Å². The van der Waals surface area contributed by atoms with E-state index in [-0.39, 0.29) is 5.91 Å². The molecule has 146 valence electrons. The van der Waals surface area contributed by atoms with Crippen molar-refractivity contribution in [1.29, 1.82) is 0 Å². The lowest BCUT2D eigenvalue weighted by Crippen LogP contribution is -2.11. The Kier molecular flexibility index (Phi) is 5.48. The number of carbonyl (C=O) groups excluding carboxylic acids is 1. The number of anilines is 1. The van der Waals surface area contributed by atoms with E-state index in [0.29, 0.717) is 37.4 Å². The molecule has 29 heavy (non-hydrogen) atoms. The Balaban J connectivity index is 1.40. The number of thiophene rings is 1. The van der Waals surface area contributed by atoms with Crippen LogP contribution in [0.1, 0.15) is 16.1 Å². The van der Waals surface area contributed by atoms with Gasteiger partial charge < -0.3 is 10.1 Å². The molecule has 0 unspecified atom stereocenters. The number of carbonyl (C=O) groups is 1. The molecule has 1 N–H and O–H groups in total.